The summed E-state index contributed by atoms with van der Waals surface area (Å²) in [5.74, 6) is 0.244. The zero-order valence-electron chi connectivity index (χ0n) is 21.0. The molecule has 0 radical (unpaired) electrons. The SMILES string of the molecule is Cc1c([N+](=O)[O-])c(OCCCCNc2nc(Cl)ncc2Cl)nn1C1CCN(C(=O)OC(C)(C)C)CC1F. The van der Waals surface area contributed by atoms with Crippen LogP contribution in [0.5, 0.6) is 5.88 Å². The van der Waals surface area contributed by atoms with Crippen LogP contribution in [-0.2, 0) is 4.74 Å². The van der Waals surface area contributed by atoms with Crippen LogP contribution in [0.1, 0.15) is 51.8 Å². The lowest BCUT2D eigenvalue weighted by Gasteiger charge is -2.35. The van der Waals surface area contributed by atoms with Crippen molar-refractivity contribution in [1.29, 1.82) is 0 Å². The molecule has 204 valence electrons. The molecule has 37 heavy (non-hydrogen) atoms. The van der Waals surface area contributed by atoms with E-state index in [4.69, 9.17) is 32.7 Å². The Morgan fingerprint density at radius 2 is 2.08 bits per heavy atom. The number of unbranched alkanes of at least 4 members (excludes halogenated alkanes) is 1. The summed E-state index contributed by atoms with van der Waals surface area (Å²) in [5.41, 5.74) is -0.810. The normalized spacial score (nSPS) is 18.0. The molecular weight excluding hydrogens is 532 g/mol. The van der Waals surface area contributed by atoms with Gasteiger partial charge in [-0.2, -0.15) is 4.98 Å². The average Bonchev–Trinajstić information content (AvgIpc) is 3.13. The quantitative estimate of drug-likeness (QED) is 0.194. The van der Waals surface area contributed by atoms with Crippen molar-refractivity contribution in [3.8, 4) is 5.88 Å². The number of halogens is 3. The Hall–Kier alpha value is -2.93. The number of nitro groups is 1. The lowest BCUT2D eigenvalue weighted by atomic mass is 10.0. The highest BCUT2D eigenvalue weighted by molar-refractivity contribution is 6.33. The summed E-state index contributed by atoms with van der Waals surface area (Å²) in [4.78, 5) is 32.5. The number of hydrogen-bond acceptors (Lipinski definition) is 9. The second-order valence-electron chi connectivity index (χ2n) is 9.56. The molecule has 15 heteroatoms. The van der Waals surface area contributed by atoms with Gasteiger partial charge < -0.3 is 19.7 Å². The van der Waals surface area contributed by atoms with Gasteiger partial charge >= 0.3 is 17.7 Å². The van der Waals surface area contributed by atoms with Gasteiger partial charge in [-0.3, -0.25) is 14.8 Å². The first-order valence-electron chi connectivity index (χ1n) is 11.8. The summed E-state index contributed by atoms with van der Waals surface area (Å²) in [6.45, 7) is 7.41. The van der Waals surface area contributed by atoms with Gasteiger partial charge in [-0.1, -0.05) is 11.6 Å². The van der Waals surface area contributed by atoms with Crippen molar-refractivity contribution in [3.63, 3.8) is 0 Å². The molecule has 12 nitrogen and oxygen atoms in total. The zero-order chi connectivity index (χ0) is 27.3. The van der Waals surface area contributed by atoms with E-state index in [9.17, 15) is 14.9 Å². The summed E-state index contributed by atoms with van der Waals surface area (Å²) < 4.78 is 27.4. The molecular formula is C22H30Cl2FN7O5. The molecule has 0 aliphatic carbocycles. The van der Waals surface area contributed by atoms with Crippen molar-refractivity contribution in [2.75, 3.05) is 31.6 Å². The zero-order valence-corrected chi connectivity index (χ0v) is 22.6. The van der Waals surface area contributed by atoms with Gasteiger partial charge in [-0.25, -0.2) is 14.2 Å². The number of hydrogen-bond donors (Lipinski definition) is 1. The molecule has 0 aromatic carbocycles. The molecule has 2 aromatic rings. The number of nitrogens with zero attached hydrogens (tertiary/aromatic N) is 6. The number of piperidine rings is 1. The third-order valence-corrected chi connectivity index (χ3v) is 6.02. The van der Waals surface area contributed by atoms with Crippen LogP contribution in [-0.4, -0.2) is 73.7 Å². The van der Waals surface area contributed by atoms with Gasteiger partial charge in [0.05, 0.1) is 30.3 Å². The molecule has 0 saturated carbocycles. The molecule has 1 saturated heterocycles. The fourth-order valence-electron chi connectivity index (χ4n) is 3.85. The number of rotatable bonds is 9. The number of ether oxygens (including phenoxy) is 2. The molecule has 1 amide bonds. The minimum atomic E-state index is -1.49. The maximum absolute atomic E-state index is 15.1. The maximum atomic E-state index is 15.1. The smallest absolute Gasteiger partial charge is 0.410 e. The van der Waals surface area contributed by atoms with E-state index >= 15 is 4.39 Å². The third-order valence-electron chi connectivity index (χ3n) is 5.56. The van der Waals surface area contributed by atoms with Crippen LogP contribution in [0.2, 0.25) is 10.3 Å². The van der Waals surface area contributed by atoms with Crippen molar-refractivity contribution in [1.82, 2.24) is 24.6 Å². The molecule has 1 aliphatic rings. The van der Waals surface area contributed by atoms with Gasteiger partial charge in [0.25, 0.3) is 0 Å². The van der Waals surface area contributed by atoms with Gasteiger partial charge in [0.1, 0.15) is 28.3 Å². The highest BCUT2D eigenvalue weighted by atomic mass is 35.5. The number of alkyl halides is 1. The number of carbonyl (C=O) groups excluding carboxylic acids is 1. The monoisotopic (exact) mass is 561 g/mol. The summed E-state index contributed by atoms with van der Waals surface area (Å²) in [6.07, 6.45) is 0.721. The van der Waals surface area contributed by atoms with Crippen LogP contribution in [0.25, 0.3) is 0 Å². The highest BCUT2D eigenvalue weighted by Gasteiger charge is 2.38. The molecule has 3 heterocycles. The molecule has 2 atom stereocenters. The average molecular weight is 562 g/mol. The van der Waals surface area contributed by atoms with E-state index in [1.165, 1.54) is 22.7 Å². The van der Waals surface area contributed by atoms with Gasteiger partial charge in [0, 0.05) is 13.1 Å². The van der Waals surface area contributed by atoms with E-state index in [1.807, 2.05) is 0 Å². The number of anilines is 1. The van der Waals surface area contributed by atoms with Crippen LogP contribution in [0.3, 0.4) is 0 Å². The van der Waals surface area contributed by atoms with Crippen LogP contribution >= 0.6 is 23.2 Å². The van der Waals surface area contributed by atoms with Crippen molar-refractivity contribution >= 4 is 40.8 Å². The van der Waals surface area contributed by atoms with Crippen LogP contribution in [0.15, 0.2) is 6.20 Å². The van der Waals surface area contributed by atoms with Crippen molar-refractivity contribution < 1.29 is 23.6 Å². The molecule has 0 bridgehead atoms. The summed E-state index contributed by atoms with van der Waals surface area (Å²) >= 11 is 11.8. The Morgan fingerprint density at radius 3 is 2.73 bits per heavy atom. The van der Waals surface area contributed by atoms with E-state index in [0.29, 0.717) is 30.2 Å². The number of carbonyl (C=O) groups is 1. The summed E-state index contributed by atoms with van der Waals surface area (Å²) in [5, 5.41) is 19.4. The molecule has 0 spiro atoms. The van der Waals surface area contributed by atoms with Crippen LogP contribution in [0.4, 0.5) is 20.7 Å². The Kier molecular flexibility index (Phi) is 9.35. The van der Waals surface area contributed by atoms with Gasteiger partial charge in [0.15, 0.2) is 0 Å². The van der Waals surface area contributed by atoms with E-state index in [-0.39, 0.29) is 48.7 Å². The number of likely N-dealkylation sites (tertiary alicyclic amines) is 1. The molecule has 3 rings (SSSR count). The van der Waals surface area contributed by atoms with Gasteiger partial charge in [0.2, 0.25) is 5.28 Å². The minimum absolute atomic E-state index is 0.0690. The molecule has 1 N–H and O–H groups in total. The standard InChI is InChI=1S/C22H30Cl2FN7O5/c1-13-17(32(34)35)19(36-10-6-5-8-26-18-14(23)11-27-20(24)28-18)29-31(13)16-7-9-30(12-15(16)25)21(33)37-22(2,3)4/h11,15-16H,5-10,12H2,1-4H3,(H,26,27,28). The third kappa shape index (κ3) is 7.54. The first kappa shape index (κ1) is 28.6. The minimum Gasteiger partial charge on any atom is -0.472 e. The Morgan fingerprint density at radius 1 is 1.35 bits per heavy atom. The first-order valence-corrected chi connectivity index (χ1v) is 12.5. The van der Waals surface area contributed by atoms with Gasteiger partial charge in [-0.15, -0.1) is 5.10 Å². The molecule has 2 unspecified atom stereocenters. The van der Waals surface area contributed by atoms with E-state index < -0.39 is 28.8 Å². The largest absolute Gasteiger partial charge is 0.472 e. The molecule has 2 aromatic heterocycles. The van der Waals surface area contributed by atoms with E-state index in [1.54, 1.807) is 20.8 Å². The fourth-order valence-corrected chi connectivity index (χ4v) is 4.14. The van der Waals surface area contributed by atoms with Crippen LogP contribution < -0.4 is 10.1 Å². The number of nitrogens with one attached hydrogen (secondary N) is 1. The molecule has 1 aliphatic heterocycles. The highest BCUT2D eigenvalue weighted by Crippen LogP contribution is 2.35. The second-order valence-corrected chi connectivity index (χ2v) is 10.3. The Labute approximate surface area is 223 Å². The van der Waals surface area contributed by atoms with Gasteiger partial charge in [-0.05, 0) is 58.6 Å². The number of amides is 1. The van der Waals surface area contributed by atoms with Crippen molar-refractivity contribution in [2.45, 2.75) is 64.8 Å². The summed E-state index contributed by atoms with van der Waals surface area (Å²) in [7, 11) is 0. The Bertz CT molecular complexity index is 1130. The second kappa shape index (κ2) is 12.1. The van der Waals surface area contributed by atoms with Crippen LogP contribution in [0, 0.1) is 17.0 Å². The predicted molar refractivity (Wildman–Crippen MR) is 135 cm³/mol. The van der Waals surface area contributed by atoms with E-state index in [0.717, 1.165) is 0 Å². The lowest BCUT2D eigenvalue weighted by molar-refractivity contribution is -0.386. The topological polar surface area (TPSA) is 138 Å². The van der Waals surface area contributed by atoms with Crippen molar-refractivity contribution in [3.05, 3.63) is 32.3 Å². The predicted octanol–water partition coefficient (Wildman–Crippen LogP) is 4.99. The fraction of sp³-hybridized carbons (Fsp3) is 0.636. The Balaban J connectivity index is 1.57. The lowest BCUT2D eigenvalue weighted by Crippen LogP contribution is -2.47. The maximum Gasteiger partial charge on any atom is 0.410 e. The molecule has 1 fully saturated rings. The van der Waals surface area contributed by atoms with Crippen molar-refractivity contribution in [2.24, 2.45) is 0 Å². The van der Waals surface area contributed by atoms with E-state index in [2.05, 4.69) is 20.4 Å². The first-order chi connectivity index (χ1) is 17.4. The number of aromatic nitrogens is 4. The summed E-state index contributed by atoms with van der Waals surface area (Å²) in [6, 6.07) is -0.775.